The van der Waals surface area contributed by atoms with Gasteiger partial charge in [-0.15, -0.1) is 0 Å². The highest BCUT2D eigenvalue weighted by atomic mass is 16.5. The van der Waals surface area contributed by atoms with Crippen molar-refractivity contribution in [1.82, 2.24) is 5.32 Å². The highest BCUT2D eigenvalue weighted by Crippen LogP contribution is 2.33. The SMILES string of the molecule is COc1cccc(C(C)(CC(=O)O)NC(=O)C2CC2)c1. The molecule has 2 rings (SSSR count). The van der Waals surface area contributed by atoms with E-state index in [1.54, 1.807) is 38.3 Å². The van der Waals surface area contributed by atoms with Gasteiger partial charge < -0.3 is 15.2 Å². The van der Waals surface area contributed by atoms with Crippen molar-refractivity contribution in [3.63, 3.8) is 0 Å². The Hall–Kier alpha value is -2.04. The Bertz CT molecular complexity index is 524. The molecule has 2 N–H and O–H groups in total. The molecule has 0 aliphatic heterocycles. The van der Waals surface area contributed by atoms with Gasteiger partial charge in [-0.3, -0.25) is 9.59 Å². The van der Waals surface area contributed by atoms with E-state index < -0.39 is 11.5 Å². The molecule has 5 nitrogen and oxygen atoms in total. The summed E-state index contributed by atoms with van der Waals surface area (Å²) < 4.78 is 5.16. The summed E-state index contributed by atoms with van der Waals surface area (Å²) in [6, 6.07) is 7.14. The highest BCUT2D eigenvalue weighted by Gasteiger charge is 2.37. The summed E-state index contributed by atoms with van der Waals surface area (Å²) in [7, 11) is 1.55. The summed E-state index contributed by atoms with van der Waals surface area (Å²) >= 11 is 0. The van der Waals surface area contributed by atoms with Crippen LogP contribution in [0, 0.1) is 5.92 Å². The van der Waals surface area contributed by atoms with Gasteiger partial charge in [-0.05, 0) is 37.5 Å². The minimum atomic E-state index is -0.952. The van der Waals surface area contributed by atoms with E-state index >= 15 is 0 Å². The topological polar surface area (TPSA) is 75.6 Å². The molecule has 0 bridgehead atoms. The van der Waals surface area contributed by atoms with Gasteiger partial charge >= 0.3 is 5.97 Å². The van der Waals surface area contributed by atoms with Crippen molar-refractivity contribution in [3.05, 3.63) is 29.8 Å². The van der Waals surface area contributed by atoms with E-state index in [9.17, 15) is 9.59 Å². The van der Waals surface area contributed by atoms with Crippen LogP contribution >= 0.6 is 0 Å². The Labute approximate surface area is 117 Å². The number of carbonyl (C=O) groups excluding carboxylic acids is 1. The maximum Gasteiger partial charge on any atom is 0.306 e. The van der Waals surface area contributed by atoms with Crippen molar-refractivity contribution < 1.29 is 19.4 Å². The summed E-state index contributed by atoms with van der Waals surface area (Å²) in [6.45, 7) is 1.73. The van der Waals surface area contributed by atoms with Gasteiger partial charge in [0.15, 0.2) is 0 Å². The van der Waals surface area contributed by atoms with E-state index in [1.165, 1.54) is 0 Å². The lowest BCUT2D eigenvalue weighted by Crippen LogP contribution is -2.45. The van der Waals surface area contributed by atoms with Crippen LogP contribution in [-0.2, 0) is 15.1 Å². The van der Waals surface area contributed by atoms with Crippen LogP contribution in [0.1, 0.15) is 31.7 Å². The molecule has 1 atom stereocenters. The number of amides is 1. The van der Waals surface area contributed by atoms with Crippen molar-refractivity contribution >= 4 is 11.9 Å². The highest BCUT2D eigenvalue weighted by molar-refractivity contribution is 5.82. The van der Waals surface area contributed by atoms with E-state index in [4.69, 9.17) is 9.84 Å². The predicted molar refractivity (Wildman–Crippen MR) is 73.5 cm³/mol. The molecule has 1 unspecified atom stereocenters. The standard InChI is InChI=1S/C15H19NO4/c1-15(9-13(17)18,16-14(19)10-6-7-10)11-4-3-5-12(8-11)20-2/h3-5,8,10H,6-7,9H2,1-2H3,(H,16,19)(H,17,18). The Balaban J connectivity index is 2.28. The second-order valence-corrected chi connectivity index (χ2v) is 5.40. The number of hydrogen-bond acceptors (Lipinski definition) is 3. The van der Waals surface area contributed by atoms with E-state index in [0.29, 0.717) is 5.75 Å². The van der Waals surface area contributed by atoms with E-state index in [0.717, 1.165) is 18.4 Å². The molecule has 20 heavy (non-hydrogen) atoms. The van der Waals surface area contributed by atoms with E-state index in [-0.39, 0.29) is 18.2 Å². The van der Waals surface area contributed by atoms with Crippen LogP contribution in [-0.4, -0.2) is 24.1 Å². The number of carboxylic acids is 1. The summed E-state index contributed by atoms with van der Waals surface area (Å²) in [6.07, 6.45) is 1.60. The third-order valence-electron chi connectivity index (χ3n) is 3.56. The van der Waals surface area contributed by atoms with Crippen molar-refractivity contribution in [1.29, 1.82) is 0 Å². The Kier molecular flexibility index (Phi) is 3.97. The van der Waals surface area contributed by atoms with Crippen molar-refractivity contribution in [3.8, 4) is 5.75 Å². The lowest BCUT2D eigenvalue weighted by atomic mass is 9.88. The first-order valence-electron chi connectivity index (χ1n) is 6.63. The average Bonchev–Trinajstić information content (AvgIpc) is 3.22. The number of rotatable bonds is 6. The van der Waals surface area contributed by atoms with Crippen LogP contribution in [0.3, 0.4) is 0 Å². The summed E-state index contributed by atoms with van der Waals surface area (Å²) in [5.41, 5.74) is -0.201. The van der Waals surface area contributed by atoms with E-state index in [1.807, 2.05) is 0 Å². The fourth-order valence-electron chi connectivity index (χ4n) is 2.21. The van der Waals surface area contributed by atoms with Gasteiger partial charge in [0.2, 0.25) is 5.91 Å². The van der Waals surface area contributed by atoms with Crippen LogP contribution in [0.4, 0.5) is 0 Å². The molecule has 1 fully saturated rings. The first-order valence-corrected chi connectivity index (χ1v) is 6.63. The first kappa shape index (κ1) is 14.4. The zero-order chi connectivity index (χ0) is 14.8. The van der Waals surface area contributed by atoms with Gasteiger partial charge in [-0.2, -0.15) is 0 Å². The van der Waals surface area contributed by atoms with Crippen molar-refractivity contribution in [2.45, 2.75) is 31.7 Å². The van der Waals surface area contributed by atoms with Crippen molar-refractivity contribution in [2.75, 3.05) is 7.11 Å². The Morgan fingerprint density at radius 2 is 2.15 bits per heavy atom. The van der Waals surface area contributed by atoms with Gasteiger partial charge in [-0.25, -0.2) is 0 Å². The van der Waals surface area contributed by atoms with Crippen molar-refractivity contribution in [2.24, 2.45) is 5.92 Å². The second kappa shape index (κ2) is 5.53. The third kappa shape index (κ3) is 3.29. The van der Waals surface area contributed by atoms with Gasteiger partial charge in [0.1, 0.15) is 5.75 Å². The van der Waals surface area contributed by atoms with Crippen LogP contribution in [0.2, 0.25) is 0 Å². The van der Waals surface area contributed by atoms with Gasteiger partial charge in [0.25, 0.3) is 0 Å². The molecule has 5 heteroatoms. The monoisotopic (exact) mass is 277 g/mol. The fraction of sp³-hybridized carbons (Fsp3) is 0.467. The molecule has 1 aromatic carbocycles. The summed E-state index contributed by atoms with van der Waals surface area (Å²) in [4.78, 5) is 23.1. The normalized spacial score (nSPS) is 17.1. The molecule has 0 radical (unpaired) electrons. The fourth-order valence-corrected chi connectivity index (χ4v) is 2.21. The Morgan fingerprint density at radius 1 is 1.45 bits per heavy atom. The average molecular weight is 277 g/mol. The quantitative estimate of drug-likeness (QED) is 0.833. The summed E-state index contributed by atoms with van der Waals surface area (Å²) in [5.74, 6) is -0.350. The zero-order valence-electron chi connectivity index (χ0n) is 11.7. The minimum Gasteiger partial charge on any atom is -0.497 e. The van der Waals surface area contributed by atoms with Gasteiger partial charge in [0.05, 0.1) is 19.1 Å². The smallest absolute Gasteiger partial charge is 0.306 e. The molecule has 1 aromatic rings. The largest absolute Gasteiger partial charge is 0.497 e. The lowest BCUT2D eigenvalue weighted by Gasteiger charge is -2.30. The molecule has 108 valence electrons. The molecular formula is C15H19NO4. The third-order valence-corrected chi connectivity index (χ3v) is 3.56. The molecule has 0 spiro atoms. The molecule has 0 heterocycles. The van der Waals surface area contributed by atoms with Crippen LogP contribution in [0.15, 0.2) is 24.3 Å². The Morgan fingerprint density at radius 3 is 2.70 bits per heavy atom. The molecule has 1 saturated carbocycles. The molecule has 1 aliphatic carbocycles. The maximum atomic E-state index is 12.0. The number of hydrogen-bond donors (Lipinski definition) is 2. The van der Waals surface area contributed by atoms with Crippen LogP contribution < -0.4 is 10.1 Å². The molecule has 0 saturated heterocycles. The van der Waals surface area contributed by atoms with Crippen LogP contribution in [0.5, 0.6) is 5.75 Å². The zero-order valence-corrected chi connectivity index (χ0v) is 11.7. The predicted octanol–water partition coefficient (Wildman–Crippen LogP) is 1.91. The number of benzene rings is 1. The number of ether oxygens (including phenoxy) is 1. The number of nitrogens with one attached hydrogen (secondary N) is 1. The van der Waals surface area contributed by atoms with Gasteiger partial charge in [-0.1, -0.05) is 12.1 Å². The number of carbonyl (C=O) groups is 2. The maximum absolute atomic E-state index is 12.0. The number of methoxy groups -OCH3 is 1. The number of aliphatic carboxylic acids is 1. The van der Waals surface area contributed by atoms with E-state index in [2.05, 4.69) is 5.32 Å². The molecule has 1 amide bonds. The molecular weight excluding hydrogens is 258 g/mol. The first-order chi connectivity index (χ1) is 9.44. The summed E-state index contributed by atoms with van der Waals surface area (Å²) in [5, 5.41) is 12.0. The lowest BCUT2D eigenvalue weighted by molar-refractivity contribution is -0.139. The van der Waals surface area contributed by atoms with Crippen LogP contribution in [0.25, 0.3) is 0 Å². The molecule has 0 aromatic heterocycles. The van der Waals surface area contributed by atoms with Gasteiger partial charge in [0, 0.05) is 5.92 Å². The number of carboxylic acid groups (broad SMARTS) is 1. The minimum absolute atomic E-state index is 0.0359. The second-order valence-electron chi connectivity index (χ2n) is 5.40. The molecule has 1 aliphatic rings.